The number of halogens is 3. The molecular formula is C15H16F3N3O4. The van der Waals surface area contributed by atoms with Crippen LogP contribution in [0.25, 0.3) is 0 Å². The Kier molecular flexibility index (Phi) is 5.19. The van der Waals surface area contributed by atoms with E-state index in [1.54, 1.807) is 6.07 Å². The third kappa shape index (κ3) is 5.10. The number of carbonyl (C=O) groups excluding carboxylic acids is 3. The van der Waals surface area contributed by atoms with Crippen molar-refractivity contribution in [3.05, 3.63) is 29.8 Å². The lowest BCUT2D eigenvalue weighted by atomic mass is 10.0. The molecule has 4 amide bonds. The fourth-order valence-corrected chi connectivity index (χ4v) is 2.36. The van der Waals surface area contributed by atoms with Crippen LogP contribution in [0.5, 0.6) is 5.75 Å². The van der Waals surface area contributed by atoms with E-state index in [4.69, 9.17) is 0 Å². The Labute approximate surface area is 141 Å². The van der Waals surface area contributed by atoms with Crippen molar-refractivity contribution < 1.29 is 32.3 Å². The van der Waals surface area contributed by atoms with E-state index in [0.717, 1.165) is 0 Å². The monoisotopic (exact) mass is 359 g/mol. The van der Waals surface area contributed by atoms with E-state index in [1.807, 2.05) is 0 Å². The summed E-state index contributed by atoms with van der Waals surface area (Å²) in [4.78, 5) is 35.5. The first-order chi connectivity index (χ1) is 11.6. The van der Waals surface area contributed by atoms with Gasteiger partial charge >= 0.3 is 12.2 Å². The van der Waals surface area contributed by atoms with Crippen molar-refractivity contribution in [2.45, 2.75) is 25.2 Å². The number of hydrogen-bond donors (Lipinski definition) is 2. The highest BCUT2D eigenvalue weighted by atomic mass is 19.4. The average molecular weight is 359 g/mol. The molecule has 0 spiro atoms. The number of rotatable bonds is 7. The van der Waals surface area contributed by atoms with Crippen molar-refractivity contribution in [3.63, 3.8) is 0 Å². The third-order valence-electron chi connectivity index (χ3n) is 3.47. The summed E-state index contributed by atoms with van der Waals surface area (Å²) in [5, 5.41) is 4.51. The summed E-state index contributed by atoms with van der Waals surface area (Å²) < 4.78 is 41.2. The molecule has 1 fully saturated rings. The van der Waals surface area contributed by atoms with Crippen LogP contribution in [0.4, 0.5) is 18.0 Å². The first-order valence-corrected chi connectivity index (χ1v) is 7.23. The molecule has 1 aliphatic rings. The van der Waals surface area contributed by atoms with Crippen LogP contribution in [-0.4, -0.2) is 48.1 Å². The lowest BCUT2D eigenvalue weighted by molar-refractivity contribution is -0.153. The number of urea groups is 1. The Bertz CT molecular complexity index is 680. The van der Waals surface area contributed by atoms with Crippen LogP contribution in [0.15, 0.2) is 24.3 Å². The molecule has 1 atom stereocenters. The van der Waals surface area contributed by atoms with Crippen LogP contribution >= 0.6 is 0 Å². The highest BCUT2D eigenvalue weighted by molar-refractivity contribution is 6.07. The maximum Gasteiger partial charge on any atom is 0.422 e. The van der Waals surface area contributed by atoms with Gasteiger partial charge in [-0.2, -0.15) is 13.2 Å². The van der Waals surface area contributed by atoms with E-state index in [0.29, 0.717) is 12.0 Å². The van der Waals surface area contributed by atoms with E-state index in [2.05, 4.69) is 15.4 Å². The lowest BCUT2D eigenvalue weighted by Crippen LogP contribution is -2.52. The number of amides is 4. The van der Waals surface area contributed by atoms with Gasteiger partial charge in [0.15, 0.2) is 6.61 Å². The van der Waals surface area contributed by atoms with E-state index < -0.39 is 30.3 Å². The smallest absolute Gasteiger partial charge is 0.422 e. The van der Waals surface area contributed by atoms with Crippen molar-refractivity contribution in [2.75, 3.05) is 13.2 Å². The summed E-state index contributed by atoms with van der Waals surface area (Å²) >= 11 is 0. The van der Waals surface area contributed by atoms with Gasteiger partial charge in [-0.3, -0.25) is 14.9 Å². The molecular weight excluding hydrogens is 343 g/mol. The van der Waals surface area contributed by atoms with Crippen LogP contribution < -0.4 is 15.4 Å². The molecule has 0 bridgehead atoms. The number of hydrogen-bond acceptors (Lipinski definition) is 4. The van der Waals surface area contributed by atoms with E-state index in [9.17, 15) is 27.6 Å². The van der Waals surface area contributed by atoms with Crippen molar-refractivity contribution in [1.29, 1.82) is 0 Å². The summed E-state index contributed by atoms with van der Waals surface area (Å²) in [5.41, 5.74) is -0.761. The molecule has 0 aromatic heterocycles. The van der Waals surface area contributed by atoms with E-state index in [-0.39, 0.29) is 18.8 Å². The second kappa shape index (κ2) is 6.99. The Morgan fingerprint density at radius 3 is 2.60 bits per heavy atom. The van der Waals surface area contributed by atoms with Crippen molar-refractivity contribution >= 4 is 18.3 Å². The Morgan fingerprint density at radius 2 is 2.04 bits per heavy atom. The van der Waals surface area contributed by atoms with Gasteiger partial charge in [0.2, 0.25) is 6.41 Å². The van der Waals surface area contributed by atoms with Crippen molar-refractivity contribution in [1.82, 2.24) is 15.5 Å². The van der Waals surface area contributed by atoms with Gasteiger partial charge in [-0.05, 0) is 24.6 Å². The molecule has 25 heavy (non-hydrogen) atoms. The molecule has 0 aliphatic carbocycles. The van der Waals surface area contributed by atoms with E-state index in [1.165, 1.54) is 30.0 Å². The Morgan fingerprint density at radius 1 is 1.32 bits per heavy atom. The molecule has 10 heteroatoms. The summed E-state index contributed by atoms with van der Waals surface area (Å²) in [6.07, 6.45) is -3.96. The van der Waals surface area contributed by atoms with Gasteiger partial charge in [0.25, 0.3) is 5.91 Å². The van der Waals surface area contributed by atoms with Gasteiger partial charge in [-0.1, -0.05) is 12.1 Å². The normalized spacial score (nSPS) is 20.0. The zero-order valence-corrected chi connectivity index (χ0v) is 13.2. The maximum absolute atomic E-state index is 12.2. The van der Waals surface area contributed by atoms with Gasteiger partial charge in [0.1, 0.15) is 11.3 Å². The van der Waals surface area contributed by atoms with Crippen LogP contribution in [-0.2, 0) is 16.1 Å². The quantitative estimate of drug-likeness (QED) is 0.565. The highest BCUT2D eigenvalue weighted by Crippen LogP contribution is 2.20. The lowest BCUT2D eigenvalue weighted by Gasteiger charge is -2.27. The number of benzene rings is 1. The summed E-state index contributed by atoms with van der Waals surface area (Å²) in [6, 6.07) is 5.19. The molecule has 7 nitrogen and oxygen atoms in total. The van der Waals surface area contributed by atoms with Crippen LogP contribution in [0.2, 0.25) is 0 Å². The minimum absolute atomic E-state index is 0.0128. The minimum atomic E-state index is -4.45. The molecule has 136 valence electrons. The predicted octanol–water partition coefficient (Wildman–Crippen LogP) is 1.18. The molecule has 0 radical (unpaired) electrons. The SMILES string of the molecule is CC1(CN(C=O)Cc2cccc(OCC(F)(F)F)c2)NC(=O)NC1=O. The number of ether oxygens (including phenoxy) is 1. The van der Waals surface area contributed by atoms with Crippen molar-refractivity contribution in [2.24, 2.45) is 0 Å². The maximum atomic E-state index is 12.2. The molecule has 1 aromatic rings. The first kappa shape index (κ1) is 18.6. The van der Waals surface area contributed by atoms with Crippen LogP contribution in [0.3, 0.4) is 0 Å². The summed E-state index contributed by atoms with van der Waals surface area (Å²) in [7, 11) is 0. The van der Waals surface area contributed by atoms with Crippen LogP contribution in [0.1, 0.15) is 12.5 Å². The summed E-state index contributed by atoms with van der Waals surface area (Å²) in [5.74, 6) is -0.551. The molecule has 1 heterocycles. The third-order valence-corrected chi connectivity index (χ3v) is 3.47. The van der Waals surface area contributed by atoms with E-state index >= 15 is 0 Å². The van der Waals surface area contributed by atoms with Gasteiger partial charge in [-0.15, -0.1) is 0 Å². The van der Waals surface area contributed by atoms with Gasteiger partial charge in [0.05, 0.1) is 6.54 Å². The molecule has 1 aliphatic heterocycles. The number of nitrogens with one attached hydrogen (secondary N) is 2. The highest BCUT2D eigenvalue weighted by Gasteiger charge is 2.43. The largest absolute Gasteiger partial charge is 0.484 e. The molecule has 1 unspecified atom stereocenters. The molecule has 2 rings (SSSR count). The second-order valence-electron chi connectivity index (χ2n) is 5.80. The second-order valence-corrected chi connectivity index (χ2v) is 5.80. The van der Waals surface area contributed by atoms with Gasteiger partial charge in [-0.25, -0.2) is 4.79 Å². The van der Waals surface area contributed by atoms with Crippen LogP contribution in [0, 0.1) is 0 Å². The average Bonchev–Trinajstić information content (AvgIpc) is 2.76. The zero-order valence-electron chi connectivity index (χ0n) is 13.2. The summed E-state index contributed by atoms with van der Waals surface area (Å²) in [6.45, 7) is -0.0160. The fraction of sp³-hybridized carbons (Fsp3) is 0.400. The Balaban J connectivity index is 2.03. The molecule has 1 saturated heterocycles. The van der Waals surface area contributed by atoms with Gasteiger partial charge in [0, 0.05) is 6.54 Å². The first-order valence-electron chi connectivity index (χ1n) is 7.23. The number of alkyl halides is 3. The number of imide groups is 1. The molecule has 1 aromatic carbocycles. The number of carbonyl (C=O) groups is 3. The van der Waals surface area contributed by atoms with Crippen molar-refractivity contribution in [3.8, 4) is 5.75 Å². The standard InChI is InChI=1S/C15H16F3N3O4/c1-14(12(23)19-13(24)20-14)7-21(9-22)6-10-3-2-4-11(5-10)25-8-15(16,17)18/h2-5,9H,6-8H2,1H3,(H2,19,20,23,24). The zero-order chi connectivity index (χ0) is 18.7. The topological polar surface area (TPSA) is 87.7 Å². The minimum Gasteiger partial charge on any atom is -0.484 e. The fourth-order valence-electron chi connectivity index (χ4n) is 2.36. The molecule has 0 saturated carbocycles. The number of nitrogens with zero attached hydrogens (tertiary/aromatic N) is 1. The van der Waals surface area contributed by atoms with Gasteiger partial charge < -0.3 is 15.0 Å². The Hall–Kier alpha value is -2.78. The molecule has 2 N–H and O–H groups in total. The predicted molar refractivity (Wildman–Crippen MR) is 79.5 cm³/mol.